The molecule has 8 nitrogen and oxygen atoms in total. The van der Waals surface area contributed by atoms with E-state index in [1.54, 1.807) is 4.68 Å². The minimum absolute atomic E-state index is 0.0228. The Kier molecular flexibility index (Phi) is 7.66. The molecule has 174 valence electrons. The van der Waals surface area contributed by atoms with Crippen LogP contribution in [0.3, 0.4) is 0 Å². The van der Waals surface area contributed by atoms with E-state index in [1.165, 1.54) is 0 Å². The summed E-state index contributed by atoms with van der Waals surface area (Å²) in [5.74, 6) is -0.632. The highest BCUT2D eigenvalue weighted by Crippen LogP contribution is 2.25. The fourth-order valence-corrected chi connectivity index (χ4v) is 4.05. The number of para-hydroxylation sites is 1. The molecule has 2 atom stereocenters. The van der Waals surface area contributed by atoms with Gasteiger partial charge in [0.25, 0.3) is 5.91 Å². The number of carbonyl (C=O) groups excluding carboxylic acids is 3. The van der Waals surface area contributed by atoms with Gasteiger partial charge in [0.1, 0.15) is 6.10 Å². The summed E-state index contributed by atoms with van der Waals surface area (Å²) in [6, 6.07) is 6.77. The van der Waals surface area contributed by atoms with Crippen molar-refractivity contribution in [3.63, 3.8) is 0 Å². The van der Waals surface area contributed by atoms with E-state index in [9.17, 15) is 14.4 Å². The van der Waals surface area contributed by atoms with Crippen molar-refractivity contribution in [1.82, 2.24) is 15.1 Å². The first kappa shape index (κ1) is 23.9. The summed E-state index contributed by atoms with van der Waals surface area (Å²) in [5, 5.41) is 17.1. The fourth-order valence-electron chi connectivity index (χ4n) is 4.05. The quantitative estimate of drug-likeness (QED) is 0.431. The first-order valence-electron chi connectivity index (χ1n) is 11.3. The van der Waals surface area contributed by atoms with E-state index < -0.39 is 17.4 Å². The van der Waals surface area contributed by atoms with Crippen molar-refractivity contribution in [2.45, 2.75) is 78.0 Å². The van der Waals surface area contributed by atoms with Crippen molar-refractivity contribution < 1.29 is 24.2 Å². The minimum Gasteiger partial charge on any atom is -0.460 e. The summed E-state index contributed by atoms with van der Waals surface area (Å²) in [4.78, 5) is 37.6. The van der Waals surface area contributed by atoms with Crippen LogP contribution in [0.4, 0.5) is 0 Å². The zero-order chi connectivity index (χ0) is 23.3. The maximum absolute atomic E-state index is 13.2. The van der Waals surface area contributed by atoms with Crippen molar-refractivity contribution in [3.8, 4) is 0 Å². The fraction of sp³-hybridized carbons (Fsp3) is 0.583. The molecule has 1 aromatic heterocycles. The number of aliphatic hydroxyl groups is 1. The maximum atomic E-state index is 13.2. The van der Waals surface area contributed by atoms with Gasteiger partial charge in [-0.2, -0.15) is 5.10 Å². The molecule has 3 rings (SSSR count). The Balaban J connectivity index is 1.79. The molecular weight excluding hydrogens is 410 g/mol. The number of rotatable bonds is 10. The number of aromatic nitrogens is 2. The predicted octanol–water partition coefficient (Wildman–Crippen LogP) is 3.01. The monoisotopic (exact) mass is 443 g/mol. The molecule has 2 N–H and O–H groups in total. The number of unbranched alkanes of at least 4 members (excludes halogenated alkanes) is 2. The Morgan fingerprint density at radius 3 is 2.66 bits per heavy atom. The number of hydrogen-bond acceptors (Lipinski definition) is 6. The number of ketones is 1. The third kappa shape index (κ3) is 5.73. The van der Waals surface area contributed by atoms with Gasteiger partial charge in [-0.25, -0.2) is 0 Å². The molecule has 32 heavy (non-hydrogen) atoms. The number of amides is 1. The Hall–Kier alpha value is -2.74. The Labute approximate surface area is 188 Å². The molecule has 0 bridgehead atoms. The van der Waals surface area contributed by atoms with Crippen LogP contribution in [0.5, 0.6) is 0 Å². The smallest absolute Gasteiger partial charge is 0.306 e. The van der Waals surface area contributed by atoms with Gasteiger partial charge in [-0.15, -0.1) is 0 Å². The largest absolute Gasteiger partial charge is 0.460 e. The van der Waals surface area contributed by atoms with E-state index in [4.69, 9.17) is 9.84 Å². The van der Waals surface area contributed by atoms with Crippen LogP contribution in [-0.2, 0) is 20.9 Å². The van der Waals surface area contributed by atoms with Crippen LogP contribution in [0.2, 0.25) is 0 Å². The van der Waals surface area contributed by atoms with Crippen molar-refractivity contribution in [2.75, 3.05) is 6.61 Å². The Morgan fingerprint density at radius 2 is 2.00 bits per heavy atom. The second kappa shape index (κ2) is 10.3. The second-order valence-electron chi connectivity index (χ2n) is 9.47. The molecule has 0 aliphatic carbocycles. The van der Waals surface area contributed by atoms with E-state index in [-0.39, 0.29) is 30.2 Å². The molecule has 1 amide bonds. The molecule has 0 saturated carbocycles. The molecular formula is C24H33N3O5. The zero-order valence-corrected chi connectivity index (χ0v) is 19.1. The molecule has 2 heterocycles. The lowest BCUT2D eigenvalue weighted by Gasteiger charge is -2.30. The molecule has 0 radical (unpaired) electrons. The maximum Gasteiger partial charge on any atom is 0.306 e. The van der Waals surface area contributed by atoms with Gasteiger partial charge in [-0.05, 0) is 30.7 Å². The number of fused-ring (bicyclic) bond motifs is 1. The summed E-state index contributed by atoms with van der Waals surface area (Å²) < 4.78 is 7.02. The normalized spacial score (nSPS) is 17.4. The predicted molar refractivity (Wildman–Crippen MR) is 120 cm³/mol. The standard InChI is InChI=1S/C24H33N3O5/c1-24(2,3)22(19(29)11-5-4-8-14-28)25-23(31)21-17-9-6-7-10-18(17)27(26-21)15-16-12-13-20(30)32-16/h6-7,9-10,16,22,28H,4-5,8,11-15H2,1-3H3,(H,25,31)/t16?,22-/m1/s1. The van der Waals surface area contributed by atoms with Crippen LogP contribution in [0.1, 0.15) is 69.8 Å². The molecule has 1 aromatic carbocycles. The molecule has 1 fully saturated rings. The number of benzene rings is 1. The molecule has 0 spiro atoms. The number of cyclic esters (lactones) is 1. The van der Waals surface area contributed by atoms with Gasteiger partial charge < -0.3 is 15.2 Å². The van der Waals surface area contributed by atoms with Crippen LogP contribution < -0.4 is 5.32 Å². The number of Topliss-reactive ketones (excluding diaryl/α,β-unsaturated/α-hetero) is 1. The van der Waals surface area contributed by atoms with E-state index in [0.29, 0.717) is 44.0 Å². The molecule has 2 aromatic rings. The number of esters is 1. The van der Waals surface area contributed by atoms with Gasteiger partial charge in [0.15, 0.2) is 11.5 Å². The first-order valence-corrected chi connectivity index (χ1v) is 11.3. The lowest BCUT2D eigenvalue weighted by Crippen LogP contribution is -2.49. The van der Waals surface area contributed by atoms with Gasteiger partial charge in [0, 0.05) is 24.8 Å². The average Bonchev–Trinajstić information content (AvgIpc) is 3.32. The third-order valence-corrected chi connectivity index (χ3v) is 5.76. The van der Waals surface area contributed by atoms with Crippen molar-refractivity contribution >= 4 is 28.6 Å². The Morgan fingerprint density at radius 1 is 1.25 bits per heavy atom. The lowest BCUT2D eigenvalue weighted by molar-refractivity contribution is -0.141. The van der Waals surface area contributed by atoms with Gasteiger partial charge in [-0.1, -0.05) is 45.4 Å². The summed E-state index contributed by atoms with van der Waals surface area (Å²) in [6.45, 7) is 6.27. The summed E-state index contributed by atoms with van der Waals surface area (Å²) >= 11 is 0. The summed E-state index contributed by atoms with van der Waals surface area (Å²) in [7, 11) is 0. The van der Waals surface area contributed by atoms with Gasteiger partial charge in [0.2, 0.25) is 0 Å². The van der Waals surface area contributed by atoms with Crippen molar-refractivity contribution in [1.29, 1.82) is 0 Å². The molecule has 1 aliphatic heterocycles. The SMILES string of the molecule is CC(C)(C)[C@H](NC(=O)c1nn(CC2CCC(=O)O2)c2ccccc12)C(=O)CCCCCO. The number of hydrogen-bond donors (Lipinski definition) is 2. The highest BCUT2D eigenvalue weighted by molar-refractivity contribution is 6.06. The van der Waals surface area contributed by atoms with E-state index >= 15 is 0 Å². The third-order valence-electron chi connectivity index (χ3n) is 5.76. The minimum atomic E-state index is -0.649. The van der Waals surface area contributed by atoms with Crippen LogP contribution in [0.25, 0.3) is 10.9 Å². The topological polar surface area (TPSA) is 111 Å². The van der Waals surface area contributed by atoms with Gasteiger partial charge >= 0.3 is 5.97 Å². The van der Waals surface area contributed by atoms with Crippen LogP contribution in [0, 0.1) is 5.41 Å². The van der Waals surface area contributed by atoms with Crippen LogP contribution in [-0.4, -0.2) is 51.3 Å². The van der Waals surface area contributed by atoms with Gasteiger partial charge in [0.05, 0.1) is 18.1 Å². The van der Waals surface area contributed by atoms with Crippen molar-refractivity contribution in [2.24, 2.45) is 5.41 Å². The highest BCUT2D eigenvalue weighted by atomic mass is 16.5. The van der Waals surface area contributed by atoms with Gasteiger partial charge in [-0.3, -0.25) is 19.1 Å². The van der Waals surface area contributed by atoms with E-state index in [1.807, 2.05) is 45.0 Å². The summed E-state index contributed by atoms with van der Waals surface area (Å²) in [5.41, 5.74) is 0.579. The number of nitrogens with one attached hydrogen (secondary N) is 1. The number of ether oxygens (including phenoxy) is 1. The number of carbonyl (C=O) groups is 3. The lowest BCUT2D eigenvalue weighted by atomic mass is 9.82. The number of aliphatic hydroxyl groups excluding tert-OH is 1. The highest BCUT2D eigenvalue weighted by Gasteiger charge is 2.33. The van der Waals surface area contributed by atoms with Crippen LogP contribution >= 0.6 is 0 Å². The zero-order valence-electron chi connectivity index (χ0n) is 19.1. The van der Waals surface area contributed by atoms with Crippen molar-refractivity contribution in [3.05, 3.63) is 30.0 Å². The molecule has 8 heteroatoms. The average molecular weight is 444 g/mol. The molecule has 1 saturated heterocycles. The number of nitrogens with zero attached hydrogens (tertiary/aromatic N) is 2. The van der Waals surface area contributed by atoms with E-state index in [0.717, 1.165) is 11.9 Å². The van der Waals surface area contributed by atoms with E-state index in [2.05, 4.69) is 10.4 Å². The second-order valence-corrected chi connectivity index (χ2v) is 9.47. The summed E-state index contributed by atoms with van der Waals surface area (Å²) in [6.07, 6.45) is 3.23. The first-order chi connectivity index (χ1) is 15.2. The van der Waals surface area contributed by atoms with Crippen LogP contribution in [0.15, 0.2) is 24.3 Å². The Bertz CT molecular complexity index is 976. The molecule has 1 aliphatic rings. The molecule has 1 unspecified atom stereocenters.